The maximum atomic E-state index is 11.9. The van der Waals surface area contributed by atoms with Gasteiger partial charge in [-0.3, -0.25) is 0 Å². The number of halogens is 3. The standard InChI is InChI=1S/C12H24F3NO3S/c1-3-16-11(6-5-9-20(17,18)4-2)7-8-19-10-12(13,14)15/h11,16H,3-10H2,1-2H3. The summed E-state index contributed by atoms with van der Waals surface area (Å²) < 4.78 is 62.9. The van der Waals surface area contributed by atoms with Crippen molar-refractivity contribution in [2.24, 2.45) is 0 Å². The maximum absolute atomic E-state index is 11.9. The molecule has 1 atom stereocenters. The summed E-state index contributed by atoms with van der Waals surface area (Å²) in [6, 6.07) is -0.0136. The second-order valence-electron chi connectivity index (χ2n) is 4.59. The van der Waals surface area contributed by atoms with Crippen LogP contribution in [0.5, 0.6) is 0 Å². The fourth-order valence-corrected chi connectivity index (χ4v) is 2.64. The molecule has 0 radical (unpaired) electrons. The van der Waals surface area contributed by atoms with Crippen LogP contribution in [0.4, 0.5) is 13.2 Å². The van der Waals surface area contributed by atoms with E-state index >= 15 is 0 Å². The maximum Gasteiger partial charge on any atom is 0.411 e. The minimum absolute atomic E-state index is 0.0116. The van der Waals surface area contributed by atoms with Crippen molar-refractivity contribution in [2.45, 2.75) is 45.3 Å². The molecule has 4 nitrogen and oxygen atoms in total. The van der Waals surface area contributed by atoms with Crippen LogP contribution in [0.1, 0.15) is 33.1 Å². The lowest BCUT2D eigenvalue weighted by Gasteiger charge is -2.18. The SMILES string of the molecule is CCNC(CCCS(=O)(=O)CC)CCOCC(F)(F)F. The van der Waals surface area contributed by atoms with Gasteiger partial charge in [-0.1, -0.05) is 13.8 Å². The van der Waals surface area contributed by atoms with Crippen LogP contribution >= 0.6 is 0 Å². The van der Waals surface area contributed by atoms with Gasteiger partial charge in [0.15, 0.2) is 0 Å². The number of hydrogen-bond acceptors (Lipinski definition) is 4. The Labute approximate surface area is 119 Å². The summed E-state index contributed by atoms with van der Waals surface area (Å²) in [6.45, 7) is 2.95. The second kappa shape index (κ2) is 9.57. The first-order valence-electron chi connectivity index (χ1n) is 6.78. The Balaban J connectivity index is 3.93. The van der Waals surface area contributed by atoms with Crippen molar-refractivity contribution >= 4 is 9.84 Å². The third-order valence-electron chi connectivity index (χ3n) is 2.82. The average molecular weight is 319 g/mol. The zero-order valence-electron chi connectivity index (χ0n) is 12.0. The summed E-state index contributed by atoms with van der Waals surface area (Å²) in [4.78, 5) is 0. The molecule has 0 aliphatic rings. The van der Waals surface area contributed by atoms with E-state index in [2.05, 4.69) is 10.1 Å². The lowest BCUT2D eigenvalue weighted by Crippen LogP contribution is -2.31. The Morgan fingerprint density at radius 2 is 1.85 bits per heavy atom. The van der Waals surface area contributed by atoms with Gasteiger partial charge in [-0.2, -0.15) is 13.2 Å². The predicted octanol–water partition coefficient (Wildman–Crippen LogP) is 2.15. The molecule has 0 aliphatic heterocycles. The van der Waals surface area contributed by atoms with Gasteiger partial charge in [-0.25, -0.2) is 8.42 Å². The van der Waals surface area contributed by atoms with Crippen LogP contribution in [-0.2, 0) is 14.6 Å². The van der Waals surface area contributed by atoms with E-state index in [1.165, 1.54) is 0 Å². The summed E-state index contributed by atoms with van der Waals surface area (Å²) in [6.07, 6.45) is -2.74. The molecule has 1 unspecified atom stereocenters. The number of sulfone groups is 1. The summed E-state index contributed by atoms with van der Waals surface area (Å²) in [7, 11) is -2.98. The van der Waals surface area contributed by atoms with Gasteiger partial charge < -0.3 is 10.1 Å². The summed E-state index contributed by atoms with van der Waals surface area (Å²) in [5, 5.41) is 3.13. The van der Waals surface area contributed by atoms with Crippen molar-refractivity contribution in [1.29, 1.82) is 0 Å². The Kier molecular flexibility index (Phi) is 9.41. The molecular formula is C12H24F3NO3S. The lowest BCUT2D eigenvalue weighted by molar-refractivity contribution is -0.174. The summed E-state index contributed by atoms with van der Waals surface area (Å²) in [5.74, 6) is 0.238. The van der Waals surface area contributed by atoms with Crippen LogP contribution in [0.2, 0.25) is 0 Å². The zero-order valence-corrected chi connectivity index (χ0v) is 12.8. The van der Waals surface area contributed by atoms with Gasteiger partial charge in [-0.15, -0.1) is 0 Å². The van der Waals surface area contributed by atoms with Crippen LogP contribution in [0.3, 0.4) is 0 Å². The van der Waals surface area contributed by atoms with E-state index in [4.69, 9.17) is 0 Å². The van der Waals surface area contributed by atoms with Gasteiger partial charge in [-0.05, 0) is 25.8 Å². The first-order valence-corrected chi connectivity index (χ1v) is 8.60. The smallest absolute Gasteiger partial charge is 0.372 e. The van der Waals surface area contributed by atoms with E-state index in [0.717, 1.165) is 0 Å². The molecule has 0 heterocycles. The minimum atomic E-state index is -4.30. The zero-order chi connectivity index (χ0) is 15.6. The highest BCUT2D eigenvalue weighted by molar-refractivity contribution is 7.91. The van der Waals surface area contributed by atoms with Crippen LogP contribution in [-0.4, -0.2) is 51.9 Å². The van der Waals surface area contributed by atoms with Crippen LogP contribution < -0.4 is 5.32 Å². The number of alkyl halides is 3. The van der Waals surface area contributed by atoms with Crippen LogP contribution in [0, 0.1) is 0 Å². The first kappa shape index (κ1) is 19.7. The van der Waals surface area contributed by atoms with E-state index in [-0.39, 0.29) is 24.2 Å². The molecule has 0 saturated carbocycles. The Hall–Kier alpha value is -0.340. The van der Waals surface area contributed by atoms with E-state index in [9.17, 15) is 21.6 Å². The van der Waals surface area contributed by atoms with E-state index < -0.39 is 22.6 Å². The highest BCUT2D eigenvalue weighted by atomic mass is 32.2. The number of rotatable bonds is 11. The molecule has 0 aliphatic carbocycles. The monoisotopic (exact) mass is 319 g/mol. The van der Waals surface area contributed by atoms with Crippen LogP contribution in [0.15, 0.2) is 0 Å². The van der Waals surface area contributed by atoms with E-state index in [0.29, 0.717) is 25.8 Å². The molecule has 0 aromatic heterocycles. The first-order chi connectivity index (χ1) is 9.20. The van der Waals surface area contributed by atoms with Gasteiger partial charge >= 0.3 is 6.18 Å². The summed E-state index contributed by atoms with van der Waals surface area (Å²) in [5.41, 5.74) is 0. The molecule has 122 valence electrons. The molecule has 0 aromatic rings. The predicted molar refractivity (Wildman–Crippen MR) is 72.5 cm³/mol. The molecule has 0 saturated heterocycles. The molecule has 20 heavy (non-hydrogen) atoms. The molecule has 1 N–H and O–H groups in total. The quantitative estimate of drug-likeness (QED) is 0.593. The van der Waals surface area contributed by atoms with E-state index in [1.807, 2.05) is 6.92 Å². The van der Waals surface area contributed by atoms with Gasteiger partial charge in [0.2, 0.25) is 0 Å². The van der Waals surface area contributed by atoms with Gasteiger partial charge in [0.25, 0.3) is 0 Å². The molecule has 8 heteroatoms. The number of hydrogen-bond donors (Lipinski definition) is 1. The fraction of sp³-hybridized carbons (Fsp3) is 1.00. The largest absolute Gasteiger partial charge is 0.411 e. The van der Waals surface area contributed by atoms with E-state index in [1.54, 1.807) is 6.92 Å². The Bertz CT molecular complexity index is 344. The van der Waals surface area contributed by atoms with Gasteiger partial charge in [0.05, 0.1) is 5.75 Å². The third-order valence-corrected chi connectivity index (χ3v) is 4.61. The lowest BCUT2D eigenvalue weighted by atomic mass is 10.1. The van der Waals surface area contributed by atoms with Crippen molar-refractivity contribution in [2.75, 3.05) is 31.3 Å². The average Bonchev–Trinajstić information content (AvgIpc) is 2.33. The van der Waals surface area contributed by atoms with Crippen molar-refractivity contribution in [1.82, 2.24) is 5.32 Å². The third kappa shape index (κ3) is 11.5. The topological polar surface area (TPSA) is 55.4 Å². The molecule has 0 aromatic carbocycles. The second-order valence-corrected chi connectivity index (χ2v) is 7.06. The number of nitrogens with one attached hydrogen (secondary N) is 1. The molecular weight excluding hydrogens is 295 g/mol. The molecule has 0 fully saturated rings. The van der Waals surface area contributed by atoms with Gasteiger partial charge in [0, 0.05) is 18.4 Å². The van der Waals surface area contributed by atoms with Crippen molar-refractivity contribution in [3.8, 4) is 0 Å². The summed E-state index contributed by atoms with van der Waals surface area (Å²) >= 11 is 0. The van der Waals surface area contributed by atoms with Crippen LogP contribution in [0.25, 0.3) is 0 Å². The number of ether oxygens (including phenoxy) is 1. The highest BCUT2D eigenvalue weighted by Crippen LogP contribution is 2.15. The Morgan fingerprint density at radius 3 is 2.35 bits per heavy atom. The normalized spacial score (nSPS) is 14.4. The Morgan fingerprint density at radius 1 is 1.20 bits per heavy atom. The van der Waals surface area contributed by atoms with Crippen molar-refractivity contribution < 1.29 is 26.3 Å². The minimum Gasteiger partial charge on any atom is -0.372 e. The molecule has 0 spiro atoms. The molecule has 0 amide bonds. The van der Waals surface area contributed by atoms with Crippen molar-refractivity contribution in [3.63, 3.8) is 0 Å². The van der Waals surface area contributed by atoms with Crippen molar-refractivity contribution in [3.05, 3.63) is 0 Å². The van der Waals surface area contributed by atoms with Gasteiger partial charge in [0.1, 0.15) is 16.4 Å². The molecule has 0 rings (SSSR count). The fourth-order valence-electron chi connectivity index (χ4n) is 1.74. The molecule has 0 bridgehead atoms. The highest BCUT2D eigenvalue weighted by Gasteiger charge is 2.27.